The van der Waals surface area contributed by atoms with E-state index in [1.165, 1.54) is 28.7 Å². The first kappa shape index (κ1) is 18.3. The normalized spacial score (nSPS) is 11.9. The van der Waals surface area contributed by atoms with Crippen LogP contribution in [0.2, 0.25) is 0 Å². The van der Waals surface area contributed by atoms with Crippen LogP contribution in [0.3, 0.4) is 0 Å². The van der Waals surface area contributed by atoms with Gasteiger partial charge in [0.25, 0.3) is 0 Å². The number of nitrogens with zero attached hydrogens (tertiary/aromatic N) is 4. The minimum atomic E-state index is -0.832. The van der Waals surface area contributed by atoms with Crippen molar-refractivity contribution in [2.45, 2.75) is 31.3 Å². The zero-order valence-corrected chi connectivity index (χ0v) is 16.0. The van der Waals surface area contributed by atoms with Crippen LogP contribution in [0.4, 0.5) is 0 Å². The van der Waals surface area contributed by atoms with E-state index in [9.17, 15) is 10.1 Å². The maximum absolute atomic E-state index is 12.4. The van der Waals surface area contributed by atoms with Gasteiger partial charge in [-0.05, 0) is 18.9 Å². The number of rotatable bonds is 7. The molecule has 3 aromatic rings. The van der Waals surface area contributed by atoms with E-state index in [0.29, 0.717) is 16.0 Å². The van der Waals surface area contributed by atoms with Crippen LogP contribution in [0.25, 0.3) is 11.4 Å². The number of carbonyl (C=O) groups is 1. The summed E-state index contributed by atoms with van der Waals surface area (Å²) in [6.45, 7) is 3.95. The summed E-state index contributed by atoms with van der Waals surface area (Å²) in [6.07, 6.45) is 0.985. The predicted octanol–water partition coefficient (Wildman–Crippen LogP) is 3.77. The number of hydrogen-bond acceptors (Lipinski definition) is 7. The topological polar surface area (TPSA) is 95.3 Å². The number of carbonyl (C=O) groups excluding carboxylic acids is 1. The molecule has 2 heterocycles. The van der Waals surface area contributed by atoms with Gasteiger partial charge in [0.1, 0.15) is 5.01 Å². The zero-order chi connectivity index (χ0) is 18.5. The molecule has 1 N–H and O–H groups in total. The predicted molar refractivity (Wildman–Crippen MR) is 102 cm³/mol. The third kappa shape index (κ3) is 4.18. The lowest BCUT2D eigenvalue weighted by molar-refractivity contribution is -0.116. The van der Waals surface area contributed by atoms with Crippen molar-refractivity contribution < 1.29 is 4.79 Å². The van der Waals surface area contributed by atoms with Crippen molar-refractivity contribution in [1.29, 1.82) is 5.26 Å². The summed E-state index contributed by atoms with van der Waals surface area (Å²) in [6, 6.07) is 10.2. The molecule has 3 rings (SSSR count). The number of aromatic nitrogens is 4. The van der Waals surface area contributed by atoms with Gasteiger partial charge in [0, 0.05) is 16.6 Å². The summed E-state index contributed by atoms with van der Waals surface area (Å²) < 4.78 is 0. The molecule has 0 amide bonds. The number of Topliss-reactive ketones (excluding diaryl/α,β-unsaturated/α-hetero) is 1. The summed E-state index contributed by atoms with van der Waals surface area (Å²) in [4.78, 5) is 21.0. The molecule has 26 heavy (non-hydrogen) atoms. The maximum atomic E-state index is 12.4. The van der Waals surface area contributed by atoms with Crippen LogP contribution in [0, 0.1) is 18.3 Å². The van der Waals surface area contributed by atoms with Crippen LogP contribution in [0.5, 0.6) is 0 Å². The van der Waals surface area contributed by atoms with Gasteiger partial charge in [0.05, 0.1) is 11.8 Å². The van der Waals surface area contributed by atoms with Crippen LogP contribution in [0.1, 0.15) is 29.1 Å². The zero-order valence-electron chi connectivity index (χ0n) is 14.4. The average Bonchev–Trinajstić information content (AvgIpc) is 3.30. The van der Waals surface area contributed by atoms with Gasteiger partial charge >= 0.3 is 0 Å². The number of thiazole rings is 1. The lowest BCUT2D eigenvalue weighted by Crippen LogP contribution is -2.13. The molecular weight excluding hydrogens is 366 g/mol. The molecule has 0 fully saturated rings. The Morgan fingerprint density at radius 3 is 2.73 bits per heavy atom. The van der Waals surface area contributed by atoms with E-state index >= 15 is 0 Å². The molecule has 0 spiro atoms. The number of ketones is 1. The lowest BCUT2D eigenvalue weighted by Gasteiger charge is -2.03. The van der Waals surface area contributed by atoms with Crippen molar-refractivity contribution in [2.24, 2.45) is 0 Å². The first-order chi connectivity index (χ1) is 12.6. The van der Waals surface area contributed by atoms with Crippen molar-refractivity contribution in [3.05, 3.63) is 45.9 Å². The Morgan fingerprint density at radius 2 is 2.12 bits per heavy atom. The van der Waals surface area contributed by atoms with E-state index < -0.39 is 5.92 Å². The summed E-state index contributed by atoms with van der Waals surface area (Å²) in [5, 5.41) is 19.2. The monoisotopic (exact) mass is 383 g/mol. The highest BCUT2D eigenvalue weighted by atomic mass is 32.2. The fourth-order valence-corrected chi connectivity index (χ4v) is 3.89. The molecule has 6 nitrogen and oxygen atoms in total. The van der Waals surface area contributed by atoms with Gasteiger partial charge in [-0.15, -0.1) is 16.4 Å². The quantitative estimate of drug-likeness (QED) is 0.624. The van der Waals surface area contributed by atoms with E-state index in [-0.39, 0.29) is 11.5 Å². The Morgan fingerprint density at radius 1 is 1.35 bits per heavy atom. The largest absolute Gasteiger partial charge is 0.297 e. The van der Waals surface area contributed by atoms with Gasteiger partial charge in [-0.25, -0.2) is 9.97 Å². The standard InChI is InChI=1S/C18H17N5OS2/c1-3-12-4-6-13(7-5-12)16-21-18(23-22-16)26-10-15(24)14(8-19)17-20-11(2)9-25-17/h4-7,9,14H,3,10H2,1-2H3,(H,21,22,23). The molecule has 0 saturated heterocycles. The second-order valence-electron chi connectivity index (χ2n) is 5.66. The average molecular weight is 384 g/mol. The molecule has 132 valence electrons. The van der Waals surface area contributed by atoms with E-state index in [1.54, 1.807) is 0 Å². The van der Waals surface area contributed by atoms with Gasteiger partial charge in [0.15, 0.2) is 17.5 Å². The number of nitrogens with one attached hydrogen (secondary N) is 1. The van der Waals surface area contributed by atoms with Crippen LogP contribution in [-0.2, 0) is 11.2 Å². The number of hydrogen-bond donors (Lipinski definition) is 1. The Kier molecular flexibility index (Phi) is 5.81. The number of nitriles is 1. The minimum absolute atomic E-state index is 0.128. The Labute approximate surface area is 159 Å². The molecule has 1 atom stereocenters. The first-order valence-corrected chi connectivity index (χ1v) is 9.96. The third-order valence-electron chi connectivity index (χ3n) is 3.78. The Balaban J connectivity index is 1.63. The summed E-state index contributed by atoms with van der Waals surface area (Å²) in [5.74, 6) is -0.232. The number of benzene rings is 1. The molecule has 8 heteroatoms. The van der Waals surface area contributed by atoms with Crippen LogP contribution in [0.15, 0.2) is 34.8 Å². The summed E-state index contributed by atoms with van der Waals surface area (Å²) in [5.41, 5.74) is 3.02. The van der Waals surface area contributed by atoms with Crippen LogP contribution < -0.4 is 0 Å². The maximum Gasteiger partial charge on any atom is 0.209 e. The molecule has 0 aliphatic heterocycles. The van der Waals surface area contributed by atoms with E-state index in [1.807, 2.05) is 30.5 Å². The number of H-pyrrole nitrogens is 1. The summed E-state index contributed by atoms with van der Waals surface area (Å²) >= 11 is 2.56. The van der Waals surface area contributed by atoms with Crippen molar-refractivity contribution in [2.75, 3.05) is 5.75 Å². The molecule has 2 aromatic heterocycles. The highest BCUT2D eigenvalue weighted by molar-refractivity contribution is 7.99. The van der Waals surface area contributed by atoms with Crippen molar-refractivity contribution in [1.82, 2.24) is 20.2 Å². The Hall–Kier alpha value is -2.50. The number of aryl methyl sites for hydroxylation is 2. The van der Waals surface area contributed by atoms with Crippen molar-refractivity contribution >= 4 is 28.9 Å². The van der Waals surface area contributed by atoms with E-state index in [0.717, 1.165) is 17.7 Å². The molecule has 1 aromatic carbocycles. The number of aromatic amines is 1. The van der Waals surface area contributed by atoms with E-state index in [2.05, 4.69) is 39.2 Å². The summed E-state index contributed by atoms with van der Waals surface area (Å²) in [7, 11) is 0. The van der Waals surface area contributed by atoms with E-state index in [4.69, 9.17) is 0 Å². The molecular formula is C18H17N5OS2. The molecule has 0 saturated carbocycles. The SMILES string of the molecule is CCc1ccc(-c2nc(SCC(=O)C(C#N)c3nc(C)cs3)n[nH]2)cc1. The van der Waals surface area contributed by atoms with Gasteiger partial charge in [-0.2, -0.15) is 5.26 Å². The highest BCUT2D eigenvalue weighted by Gasteiger charge is 2.23. The fraction of sp³-hybridized carbons (Fsp3) is 0.278. The molecule has 0 bridgehead atoms. The molecule has 0 aliphatic rings. The van der Waals surface area contributed by atoms with Gasteiger partial charge < -0.3 is 0 Å². The molecule has 0 aliphatic carbocycles. The first-order valence-electron chi connectivity index (χ1n) is 8.09. The van der Waals surface area contributed by atoms with Crippen LogP contribution in [-0.4, -0.2) is 31.7 Å². The lowest BCUT2D eigenvalue weighted by atomic mass is 10.1. The van der Waals surface area contributed by atoms with Gasteiger partial charge in [-0.3, -0.25) is 9.89 Å². The van der Waals surface area contributed by atoms with Gasteiger partial charge in [0.2, 0.25) is 5.16 Å². The third-order valence-corrected chi connectivity index (χ3v) is 5.68. The smallest absolute Gasteiger partial charge is 0.209 e. The second kappa shape index (κ2) is 8.25. The fourth-order valence-electron chi connectivity index (χ4n) is 2.33. The second-order valence-corrected chi connectivity index (χ2v) is 7.49. The van der Waals surface area contributed by atoms with Crippen LogP contribution >= 0.6 is 23.1 Å². The Bertz CT molecular complexity index is 939. The highest BCUT2D eigenvalue weighted by Crippen LogP contribution is 2.25. The van der Waals surface area contributed by atoms with Gasteiger partial charge in [-0.1, -0.05) is 43.0 Å². The van der Waals surface area contributed by atoms with Crippen molar-refractivity contribution in [3.8, 4) is 17.5 Å². The number of thioether (sulfide) groups is 1. The molecule has 0 radical (unpaired) electrons. The molecule has 1 unspecified atom stereocenters. The van der Waals surface area contributed by atoms with Crippen molar-refractivity contribution in [3.63, 3.8) is 0 Å². The minimum Gasteiger partial charge on any atom is -0.297 e.